The zero-order valence-electron chi connectivity index (χ0n) is 10.4. The zero-order valence-corrected chi connectivity index (χ0v) is 12.0. The maximum atomic E-state index is 12.2. The topological polar surface area (TPSA) is 30.0 Å². The molecule has 0 saturated heterocycles. The number of halogens is 1. The molecule has 0 radical (unpaired) electrons. The highest BCUT2D eigenvalue weighted by Crippen LogP contribution is 2.15. The smallest absolute Gasteiger partial charge is 0.185 e. The number of hydrogen-bond acceptors (Lipinski definition) is 2. The second-order valence-electron chi connectivity index (χ2n) is 4.41. The summed E-state index contributed by atoms with van der Waals surface area (Å²) in [4.78, 5) is 16.4. The summed E-state index contributed by atoms with van der Waals surface area (Å²) >= 11 is 3.41. The predicted octanol–water partition coefficient (Wildman–Crippen LogP) is 3.89. The first-order valence-electron chi connectivity index (χ1n) is 5.77. The Bertz CT molecular complexity index is 593. The van der Waals surface area contributed by atoms with E-state index < -0.39 is 0 Å². The van der Waals surface area contributed by atoms with Crippen LogP contribution >= 0.6 is 15.9 Å². The van der Waals surface area contributed by atoms with Crippen molar-refractivity contribution < 1.29 is 4.79 Å². The van der Waals surface area contributed by atoms with Gasteiger partial charge in [-0.3, -0.25) is 9.78 Å². The van der Waals surface area contributed by atoms with Crippen molar-refractivity contribution in [3.8, 4) is 0 Å². The van der Waals surface area contributed by atoms with Gasteiger partial charge in [-0.1, -0.05) is 34.1 Å². The lowest BCUT2D eigenvalue weighted by Crippen LogP contribution is -2.08. The van der Waals surface area contributed by atoms with E-state index in [9.17, 15) is 4.79 Å². The first kappa shape index (κ1) is 13.0. The van der Waals surface area contributed by atoms with E-state index in [1.54, 1.807) is 6.20 Å². The van der Waals surface area contributed by atoms with Gasteiger partial charge >= 0.3 is 0 Å². The first-order valence-corrected chi connectivity index (χ1v) is 6.56. The molecular weight excluding hydrogens is 290 g/mol. The Balaban J connectivity index is 2.22. The Morgan fingerprint density at radius 3 is 2.72 bits per heavy atom. The molecule has 1 heterocycles. The summed E-state index contributed by atoms with van der Waals surface area (Å²) in [7, 11) is 0. The van der Waals surface area contributed by atoms with Crippen LogP contribution in [0.5, 0.6) is 0 Å². The molecule has 1 aromatic carbocycles. The number of pyridine rings is 1. The molecule has 0 unspecified atom stereocenters. The van der Waals surface area contributed by atoms with E-state index in [-0.39, 0.29) is 5.78 Å². The van der Waals surface area contributed by atoms with Crippen LogP contribution in [0.4, 0.5) is 0 Å². The third-order valence-corrected chi connectivity index (χ3v) is 3.23. The minimum atomic E-state index is 0.0607. The lowest BCUT2D eigenvalue weighted by molar-refractivity contribution is 0.0987. The maximum Gasteiger partial charge on any atom is 0.185 e. The van der Waals surface area contributed by atoms with E-state index in [1.807, 2.05) is 44.2 Å². The third kappa shape index (κ3) is 3.05. The molecule has 0 bridgehead atoms. The van der Waals surface area contributed by atoms with E-state index in [0.29, 0.717) is 12.1 Å². The van der Waals surface area contributed by atoms with Crippen LogP contribution in [0.1, 0.15) is 27.2 Å². The zero-order chi connectivity index (χ0) is 13.1. The summed E-state index contributed by atoms with van der Waals surface area (Å²) in [6, 6.07) is 9.78. The van der Waals surface area contributed by atoms with Crippen molar-refractivity contribution in [2.75, 3.05) is 0 Å². The molecule has 3 heteroatoms. The number of benzene rings is 1. The van der Waals surface area contributed by atoms with Gasteiger partial charge in [0.25, 0.3) is 0 Å². The van der Waals surface area contributed by atoms with Crippen LogP contribution in [0.15, 0.2) is 41.0 Å². The lowest BCUT2D eigenvalue weighted by Gasteiger charge is -2.05. The molecule has 0 saturated carbocycles. The highest BCUT2D eigenvalue weighted by Gasteiger charge is 2.11. The predicted molar refractivity (Wildman–Crippen MR) is 75.9 cm³/mol. The fraction of sp³-hybridized carbons (Fsp3) is 0.200. The Hall–Kier alpha value is -1.48. The van der Waals surface area contributed by atoms with Crippen LogP contribution in [-0.4, -0.2) is 10.8 Å². The number of carbonyl (C=O) groups is 1. The number of ketones is 1. The number of nitrogens with zero attached hydrogens (tertiary/aromatic N) is 1. The fourth-order valence-corrected chi connectivity index (χ4v) is 2.37. The van der Waals surface area contributed by atoms with E-state index in [4.69, 9.17) is 0 Å². The van der Waals surface area contributed by atoms with Gasteiger partial charge in [0.1, 0.15) is 5.69 Å². The van der Waals surface area contributed by atoms with E-state index >= 15 is 0 Å². The molecule has 0 amide bonds. The minimum absolute atomic E-state index is 0.0607. The number of Topliss-reactive ketones (excluding diaryl/α,β-unsaturated/α-hetero) is 1. The van der Waals surface area contributed by atoms with Gasteiger partial charge in [0.2, 0.25) is 0 Å². The minimum Gasteiger partial charge on any atom is -0.292 e. The maximum absolute atomic E-state index is 12.2. The SMILES string of the molecule is Cc1cnc(C(=O)Cc2cccc(Br)c2)c(C)c1. The van der Waals surface area contributed by atoms with Crippen molar-refractivity contribution in [2.24, 2.45) is 0 Å². The lowest BCUT2D eigenvalue weighted by atomic mass is 10.0. The van der Waals surface area contributed by atoms with Crippen molar-refractivity contribution >= 4 is 21.7 Å². The number of aromatic nitrogens is 1. The van der Waals surface area contributed by atoms with Gasteiger partial charge in [-0.15, -0.1) is 0 Å². The summed E-state index contributed by atoms with van der Waals surface area (Å²) in [5.41, 5.74) is 3.58. The first-order chi connectivity index (χ1) is 8.56. The Morgan fingerprint density at radius 2 is 2.06 bits per heavy atom. The second-order valence-corrected chi connectivity index (χ2v) is 5.32. The molecule has 0 aliphatic rings. The summed E-state index contributed by atoms with van der Waals surface area (Å²) in [5, 5.41) is 0. The molecule has 0 atom stereocenters. The Labute approximate surface area is 115 Å². The van der Waals surface area contributed by atoms with Crippen LogP contribution in [0, 0.1) is 13.8 Å². The van der Waals surface area contributed by atoms with E-state index in [1.165, 1.54) is 0 Å². The van der Waals surface area contributed by atoms with Gasteiger partial charge in [0, 0.05) is 17.1 Å². The molecule has 0 spiro atoms. The molecule has 0 aliphatic heterocycles. The third-order valence-electron chi connectivity index (χ3n) is 2.73. The van der Waals surface area contributed by atoms with Crippen LogP contribution in [0.2, 0.25) is 0 Å². The fourth-order valence-electron chi connectivity index (χ4n) is 1.92. The summed E-state index contributed by atoms with van der Waals surface area (Å²) in [5.74, 6) is 0.0607. The summed E-state index contributed by atoms with van der Waals surface area (Å²) in [6.07, 6.45) is 2.12. The van der Waals surface area contributed by atoms with Gasteiger partial charge in [-0.25, -0.2) is 0 Å². The molecule has 2 aromatic rings. The highest BCUT2D eigenvalue weighted by atomic mass is 79.9. The quantitative estimate of drug-likeness (QED) is 0.805. The van der Waals surface area contributed by atoms with Gasteiger partial charge in [-0.2, -0.15) is 0 Å². The van der Waals surface area contributed by atoms with Crippen molar-refractivity contribution in [1.29, 1.82) is 0 Å². The normalized spacial score (nSPS) is 10.4. The molecule has 0 aliphatic carbocycles. The number of hydrogen-bond donors (Lipinski definition) is 0. The largest absolute Gasteiger partial charge is 0.292 e. The molecule has 0 N–H and O–H groups in total. The van der Waals surface area contributed by atoms with Crippen LogP contribution in [0.3, 0.4) is 0 Å². The molecule has 18 heavy (non-hydrogen) atoms. The van der Waals surface area contributed by atoms with Crippen LogP contribution < -0.4 is 0 Å². The second kappa shape index (κ2) is 5.44. The van der Waals surface area contributed by atoms with Gasteiger partial charge in [0.15, 0.2) is 5.78 Å². The highest BCUT2D eigenvalue weighted by molar-refractivity contribution is 9.10. The molecule has 2 nitrogen and oxygen atoms in total. The number of rotatable bonds is 3. The van der Waals surface area contributed by atoms with Crippen molar-refractivity contribution in [3.63, 3.8) is 0 Å². The molecule has 92 valence electrons. The van der Waals surface area contributed by atoms with Crippen molar-refractivity contribution in [2.45, 2.75) is 20.3 Å². The summed E-state index contributed by atoms with van der Waals surface area (Å²) < 4.78 is 0.987. The monoisotopic (exact) mass is 303 g/mol. The van der Waals surface area contributed by atoms with Crippen LogP contribution in [-0.2, 0) is 6.42 Å². The Morgan fingerprint density at radius 1 is 1.28 bits per heavy atom. The molecular formula is C15H14BrNO. The molecule has 1 aromatic heterocycles. The Kier molecular flexibility index (Phi) is 3.92. The average molecular weight is 304 g/mol. The van der Waals surface area contributed by atoms with Gasteiger partial charge in [0.05, 0.1) is 0 Å². The molecule has 2 rings (SSSR count). The van der Waals surface area contributed by atoms with Crippen molar-refractivity contribution in [1.82, 2.24) is 4.98 Å². The van der Waals surface area contributed by atoms with Crippen molar-refractivity contribution in [3.05, 3.63) is 63.4 Å². The van der Waals surface area contributed by atoms with Gasteiger partial charge in [-0.05, 0) is 42.7 Å². The average Bonchev–Trinajstić information content (AvgIpc) is 2.28. The standard InChI is InChI=1S/C15H14BrNO/c1-10-6-11(2)15(17-9-10)14(18)8-12-4-3-5-13(16)7-12/h3-7,9H,8H2,1-2H3. The molecule has 0 fully saturated rings. The van der Waals surface area contributed by atoms with E-state index in [0.717, 1.165) is 21.2 Å². The number of carbonyl (C=O) groups excluding carboxylic acids is 1. The number of aryl methyl sites for hydroxylation is 2. The van der Waals surface area contributed by atoms with Crippen LogP contribution in [0.25, 0.3) is 0 Å². The van der Waals surface area contributed by atoms with E-state index in [2.05, 4.69) is 20.9 Å². The summed E-state index contributed by atoms with van der Waals surface area (Å²) in [6.45, 7) is 3.90. The van der Waals surface area contributed by atoms with Gasteiger partial charge < -0.3 is 0 Å².